The highest BCUT2D eigenvalue weighted by atomic mass is 32.1. The number of aromatic nitrogens is 1. The van der Waals surface area contributed by atoms with E-state index in [1.807, 2.05) is 4.90 Å². The van der Waals surface area contributed by atoms with Gasteiger partial charge in [-0.3, -0.25) is 14.5 Å². The van der Waals surface area contributed by atoms with E-state index in [-0.39, 0.29) is 24.3 Å². The third kappa shape index (κ3) is 4.29. The van der Waals surface area contributed by atoms with Gasteiger partial charge in [-0.15, -0.1) is 17.8 Å². The summed E-state index contributed by atoms with van der Waals surface area (Å²) in [4.78, 5) is 29.8. The number of methoxy groups -OCH3 is 1. The van der Waals surface area contributed by atoms with Crippen LogP contribution in [0.4, 0.5) is 5.13 Å². The lowest BCUT2D eigenvalue weighted by molar-refractivity contribution is -0.139. The van der Waals surface area contributed by atoms with E-state index in [2.05, 4.69) is 21.0 Å². The summed E-state index contributed by atoms with van der Waals surface area (Å²) in [7, 11) is 1.33. The zero-order valence-corrected chi connectivity index (χ0v) is 13.3. The van der Waals surface area contributed by atoms with Crippen LogP contribution in [0.1, 0.15) is 25.0 Å². The highest BCUT2D eigenvalue weighted by Gasteiger charge is 2.28. The normalized spacial score (nSPS) is 18.5. The third-order valence-corrected chi connectivity index (χ3v) is 4.35. The van der Waals surface area contributed by atoms with Crippen LogP contribution in [-0.4, -0.2) is 48.0 Å². The number of likely N-dealkylation sites (tertiary alicyclic amines) is 1. The zero-order chi connectivity index (χ0) is 15.9. The zero-order valence-electron chi connectivity index (χ0n) is 12.5. The highest BCUT2D eigenvalue weighted by molar-refractivity contribution is 7.13. The van der Waals surface area contributed by atoms with Crippen LogP contribution in [0.5, 0.6) is 0 Å². The molecule has 22 heavy (non-hydrogen) atoms. The van der Waals surface area contributed by atoms with Gasteiger partial charge in [-0.1, -0.05) is 12.3 Å². The third-order valence-electron chi connectivity index (χ3n) is 3.55. The number of hydrogen-bond donors (Lipinski definition) is 1. The summed E-state index contributed by atoms with van der Waals surface area (Å²) in [5.41, 5.74) is 0.594. The van der Waals surface area contributed by atoms with Crippen molar-refractivity contribution in [1.29, 1.82) is 0 Å². The Bertz CT molecular complexity index is 579. The highest BCUT2D eigenvalue weighted by Crippen LogP contribution is 2.20. The maximum Gasteiger partial charge on any atom is 0.311 e. The molecule has 1 N–H and O–H groups in total. The number of piperidine rings is 1. The van der Waals surface area contributed by atoms with Gasteiger partial charge in [0.15, 0.2) is 5.13 Å². The van der Waals surface area contributed by atoms with E-state index in [1.54, 1.807) is 5.38 Å². The molecule has 1 aliphatic heterocycles. The summed E-state index contributed by atoms with van der Waals surface area (Å²) in [5.74, 6) is 2.16. The van der Waals surface area contributed by atoms with Crippen LogP contribution in [0.25, 0.3) is 0 Å². The first-order valence-electron chi connectivity index (χ1n) is 7.13. The van der Waals surface area contributed by atoms with Gasteiger partial charge in [0.1, 0.15) is 0 Å². The Morgan fingerprint density at radius 2 is 2.41 bits per heavy atom. The largest absolute Gasteiger partial charge is 0.469 e. The minimum atomic E-state index is -0.351. The van der Waals surface area contributed by atoms with E-state index in [1.165, 1.54) is 18.4 Å². The number of nitrogens with one attached hydrogen (secondary N) is 1. The molecule has 0 aliphatic carbocycles. The molecule has 0 aromatic carbocycles. The summed E-state index contributed by atoms with van der Waals surface area (Å²) in [6.07, 6.45) is 8.35. The van der Waals surface area contributed by atoms with Gasteiger partial charge in [0.2, 0.25) is 5.91 Å². The summed E-state index contributed by atoms with van der Waals surface area (Å²) in [6, 6.07) is -0.210. The Kier molecular flexibility index (Phi) is 5.92. The molecule has 0 radical (unpaired) electrons. The fraction of sp³-hybridized carbons (Fsp3) is 0.533. The molecule has 1 saturated heterocycles. The first-order valence-corrected chi connectivity index (χ1v) is 8.01. The Labute approximate surface area is 133 Å². The Morgan fingerprint density at radius 1 is 1.59 bits per heavy atom. The molecule has 1 fully saturated rings. The summed E-state index contributed by atoms with van der Waals surface area (Å²) >= 11 is 1.30. The van der Waals surface area contributed by atoms with Crippen molar-refractivity contribution in [3.63, 3.8) is 0 Å². The minimum Gasteiger partial charge on any atom is -0.469 e. The van der Waals surface area contributed by atoms with E-state index in [0.29, 0.717) is 17.4 Å². The van der Waals surface area contributed by atoms with Gasteiger partial charge in [-0.05, 0) is 19.4 Å². The van der Waals surface area contributed by atoms with Crippen molar-refractivity contribution >= 4 is 28.3 Å². The lowest BCUT2D eigenvalue weighted by Crippen LogP contribution is -2.47. The van der Waals surface area contributed by atoms with Gasteiger partial charge in [-0.2, -0.15) is 0 Å². The fourth-order valence-electron chi connectivity index (χ4n) is 2.45. The smallest absolute Gasteiger partial charge is 0.311 e. The molecule has 7 heteroatoms. The fourth-order valence-corrected chi connectivity index (χ4v) is 3.16. The molecule has 1 atom stereocenters. The molecule has 6 nitrogen and oxygen atoms in total. The number of thiazole rings is 1. The number of hydrogen-bond acceptors (Lipinski definition) is 6. The predicted molar refractivity (Wildman–Crippen MR) is 84.5 cm³/mol. The molecule has 0 bridgehead atoms. The lowest BCUT2D eigenvalue weighted by Gasteiger charge is -2.32. The number of terminal acetylenes is 1. The average molecular weight is 321 g/mol. The molecular formula is C15H19N3O3S. The van der Waals surface area contributed by atoms with Gasteiger partial charge in [0.05, 0.1) is 31.8 Å². The molecule has 1 aromatic heterocycles. The van der Waals surface area contributed by atoms with Crippen LogP contribution in [0.15, 0.2) is 5.38 Å². The van der Waals surface area contributed by atoms with Crippen molar-refractivity contribution in [2.75, 3.05) is 25.5 Å². The van der Waals surface area contributed by atoms with Gasteiger partial charge >= 0.3 is 5.97 Å². The van der Waals surface area contributed by atoms with Crippen molar-refractivity contribution in [2.24, 2.45) is 0 Å². The van der Waals surface area contributed by atoms with E-state index in [0.717, 1.165) is 25.8 Å². The number of carbonyl (C=O) groups excluding carboxylic acids is 2. The molecule has 0 saturated carbocycles. The first kappa shape index (κ1) is 16.5. The SMILES string of the molecule is C#CCN1CCCCC1C(=O)Nc1nc(CC(=O)OC)cs1. The number of anilines is 1. The molecule has 1 unspecified atom stereocenters. The van der Waals surface area contributed by atoms with Crippen molar-refractivity contribution in [1.82, 2.24) is 9.88 Å². The molecule has 1 amide bonds. The quantitative estimate of drug-likeness (QED) is 0.653. The second-order valence-electron chi connectivity index (χ2n) is 5.07. The number of amides is 1. The average Bonchev–Trinajstić information content (AvgIpc) is 2.95. The number of rotatable bonds is 5. The van der Waals surface area contributed by atoms with Gasteiger partial charge in [0.25, 0.3) is 0 Å². The van der Waals surface area contributed by atoms with Gasteiger partial charge < -0.3 is 10.1 Å². The van der Waals surface area contributed by atoms with E-state index in [4.69, 9.17) is 6.42 Å². The molecule has 1 aliphatic rings. The molecule has 118 valence electrons. The molecule has 0 spiro atoms. The number of carbonyl (C=O) groups is 2. The van der Waals surface area contributed by atoms with Crippen LogP contribution >= 0.6 is 11.3 Å². The maximum absolute atomic E-state index is 12.4. The number of esters is 1. The van der Waals surface area contributed by atoms with Crippen molar-refractivity contribution in [3.05, 3.63) is 11.1 Å². The topological polar surface area (TPSA) is 71.5 Å². The molecular weight excluding hydrogens is 302 g/mol. The van der Waals surface area contributed by atoms with Crippen LogP contribution in [0, 0.1) is 12.3 Å². The van der Waals surface area contributed by atoms with Gasteiger partial charge in [0, 0.05) is 5.38 Å². The first-order chi connectivity index (χ1) is 10.6. The second kappa shape index (κ2) is 7.92. The van der Waals surface area contributed by atoms with Crippen LogP contribution in [-0.2, 0) is 20.7 Å². The summed E-state index contributed by atoms with van der Waals surface area (Å²) < 4.78 is 4.59. The van der Waals surface area contributed by atoms with Crippen LogP contribution < -0.4 is 5.32 Å². The Morgan fingerprint density at radius 3 is 3.14 bits per heavy atom. The summed E-state index contributed by atoms with van der Waals surface area (Å²) in [6.45, 7) is 1.32. The Balaban J connectivity index is 1.96. The van der Waals surface area contributed by atoms with E-state index >= 15 is 0 Å². The minimum absolute atomic E-state index is 0.0890. The van der Waals surface area contributed by atoms with Crippen LogP contribution in [0.2, 0.25) is 0 Å². The molecule has 1 aromatic rings. The molecule has 2 rings (SSSR count). The van der Waals surface area contributed by atoms with Crippen LogP contribution in [0.3, 0.4) is 0 Å². The maximum atomic E-state index is 12.4. The van der Waals surface area contributed by atoms with Crippen molar-refractivity contribution < 1.29 is 14.3 Å². The second-order valence-corrected chi connectivity index (χ2v) is 5.93. The van der Waals surface area contributed by atoms with Gasteiger partial charge in [-0.25, -0.2) is 4.98 Å². The van der Waals surface area contributed by atoms with Crippen molar-refractivity contribution in [3.8, 4) is 12.3 Å². The lowest BCUT2D eigenvalue weighted by atomic mass is 10.0. The predicted octanol–water partition coefficient (Wildman–Crippen LogP) is 1.28. The number of nitrogens with zero attached hydrogens (tertiary/aromatic N) is 2. The van der Waals surface area contributed by atoms with Crippen molar-refractivity contribution in [2.45, 2.75) is 31.7 Å². The monoisotopic (exact) mass is 321 g/mol. The number of ether oxygens (including phenoxy) is 1. The van der Waals surface area contributed by atoms with E-state index in [9.17, 15) is 9.59 Å². The standard InChI is InChI=1S/C15H19N3O3S/c1-3-7-18-8-5-4-6-12(18)14(20)17-15-16-11(10-22-15)9-13(19)21-2/h1,10,12H,4-9H2,2H3,(H,16,17,20). The van der Waals surface area contributed by atoms with E-state index < -0.39 is 0 Å². The summed E-state index contributed by atoms with van der Waals surface area (Å²) in [5, 5.41) is 5.06. The Hall–Kier alpha value is -1.91. The molecule has 2 heterocycles.